The van der Waals surface area contributed by atoms with Gasteiger partial charge in [0.05, 0.1) is 12.0 Å². The van der Waals surface area contributed by atoms with Crippen molar-refractivity contribution < 1.29 is 9.53 Å². The molecule has 0 bridgehead atoms. The second-order valence-corrected chi connectivity index (χ2v) is 4.53. The number of hydrogen-bond donors (Lipinski definition) is 0. The van der Waals surface area contributed by atoms with E-state index in [1.54, 1.807) is 0 Å². The van der Waals surface area contributed by atoms with E-state index in [2.05, 4.69) is 4.90 Å². The van der Waals surface area contributed by atoms with Crippen LogP contribution in [0, 0.1) is 5.41 Å². The number of esters is 1. The number of carbonyl (C=O) groups excluding carboxylic acids is 1. The first-order valence-electron chi connectivity index (χ1n) is 5.22. The smallest absolute Gasteiger partial charge is 0.311 e. The molecule has 84 valence electrons. The van der Waals surface area contributed by atoms with Gasteiger partial charge in [-0.2, -0.15) is 0 Å². The van der Waals surface area contributed by atoms with Crippen molar-refractivity contribution in [2.45, 2.75) is 33.6 Å². The van der Waals surface area contributed by atoms with E-state index in [0.29, 0.717) is 6.61 Å². The first-order valence-corrected chi connectivity index (χ1v) is 5.22. The Bertz CT molecular complexity index is 176. The molecule has 0 heterocycles. The topological polar surface area (TPSA) is 29.5 Å². The van der Waals surface area contributed by atoms with E-state index >= 15 is 0 Å². The molecule has 0 unspecified atom stereocenters. The quantitative estimate of drug-likeness (QED) is 0.485. The van der Waals surface area contributed by atoms with Crippen molar-refractivity contribution in [1.29, 1.82) is 0 Å². The number of carbonyl (C=O) groups is 1. The molecule has 0 aromatic heterocycles. The predicted octanol–water partition coefficient (Wildman–Crippen LogP) is 1.92. The van der Waals surface area contributed by atoms with Crippen LogP contribution in [0.15, 0.2) is 0 Å². The Labute approximate surface area is 87.4 Å². The van der Waals surface area contributed by atoms with Crippen molar-refractivity contribution in [2.75, 3.05) is 27.2 Å². The minimum Gasteiger partial charge on any atom is -0.465 e. The van der Waals surface area contributed by atoms with Crippen LogP contribution in [0.5, 0.6) is 0 Å². The molecule has 14 heavy (non-hydrogen) atoms. The molecule has 0 aromatic carbocycles. The summed E-state index contributed by atoms with van der Waals surface area (Å²) in [6.07, 6.45) is 1.72. The van der Waals surface area contributed by atoms with Crippen molar-refractivity contribution in [3.8, 4) is 0 Å². The Morgan fingerprint density at radius 3 is 2.36 bits per heavy atom. The van der Waals surface area contributed by atoms with Crippen molar-refractivity contribution in [3.05, 3.63) is 0 Å². The van der Waals surface area contributed by atoms with Gasteiger partial charge in [0.15, 0.2) is 0 Å². The van der Waals surface area contributed by atoms with Crippen molar-refractivity contribution in [3.63, 3.8) is 0 Å². The van der Waals surface area contributed by atoms with Gasteiger partial charge in [0.2, 0.25) is 0 Å². The van der Waals surface area contributed by atoms with Crippen LogP contribution < -0.4 is 0 Å². The molecular weight excluding hydrogens is 178 g/mol. The summed E-state index contributed by atoms with van der Waals surface area (Å²) < 4.78 is 5.18. The lowest BCUT2D eigenvalue weighted by Gasteiger charge is -2.20. The molecule has 0 aliphatic rings. The predicted molar refractivity (Wildman–Crippen MR) is 58.2 cm³/mol. The van der Waals surface area contributed by atoms with Crippen molar-refractivity contribution >= 4 is 5.97 Å². The van der Waals surface area contributed by atoms with E-state index < -0.39 is 0 Å². The van der Waals surface area contributed by atoms with E-state index in [0.717, 1.165) is 19.4 Å². The average molecular weight is 201 g/mol. The standard InChI is InChI=1S/C11H23NO2/c1-6-11(2,3)10(13)14-9-7-8-12(4)5/h6-9H2,1-5H3. The van der Waals surface area contributed by atoms with Crippen LogP contribution in [-0.2, 0) is 9.53 Å². The molecule has 0 N–H and O–H groups in total. The minimum absolute atomic E-state index is 0.0845. The first kappa shape index (κ1) is 13.4. The third-order valence-corrected chi connectivity index (χ3v) is 2.42. The molecule has 0 saturated heterocycles. The largest absolute Gasteiger partial charge is 0.465 e. The Balaban J connectivity index is 3.64. The lowest BCUT2D eigenvalue weighted by atomic mass is 9.91. The van der Waals surface area contributed by atoms with Gasteiger partial charge in [-0.3, -0.25) is 4.79 Å². The molecule has 0 aromatic rings. The maximum absolute atomic E-state index is 11.5. The zero-order valence-electron chi connectivity index (χ0n) is 10.1. The Kier molecular flexibility index (Phi) is 5.77. The maximum Gasteiger partial charge on any atom is 0.311 e. The van der Waals surface area contributed by atoms with Crippen LogP contribution in [0.1, 0.15) is 33.6 Å². The van der Waals surface area contributed by atoms with Gasteiger partial charge < -0.3 is 9.64 Å². The molecule has 0 radical (unpaired) electrons. The highest BCUT2D eigenvalue weighted by molar-refractivity contribution is 5.75. The summed E-state index contributed by atoms with van der Waals surface area (Å²) >= 11 is 0. The van der Waals surface area contributed by atoms with Gasteiger partial charge in [0.25, 0.3) is 0 Å². The molecule has 0 saturated carbocycles. The summed E-state index contributed by atoms with van der Waals surface area (Å²) in [5.74, 6) is -0.0845. The van der Waals surface area contributed by atoms with Gasteiger partial charge in [-0.15, -0.1) is 0 Å². The summed E-state index contributed by atoms with van der Waals surface area (Å²) in [5, 5.41) is 0. The van der Waals surface area contributed by atoms with E-state index in [1.165, 1.54) is 0 Å². The van der Waals surface area contributed by atoms with Crippen LogP contribution >= 0.6 is 0 Å². The number of nitrogens with zero attached hydrogens (tertiary/aromatic N) is 1. The zero-order chi connectivity index (χ0) is 11.2. The zero-order valence-corrected chi connectivity index (χ0v) is 10.1. The lowest BCUT2D eigenvalue weighted by molar-refractivity contribution is -0.154. The average Bonchev–Trinajstić information content (AvgIpc) is 2.11. The lowest BCUT2D eigenvalue weighted by Crippen LogP contribution is -2.26. The second-order valence-electron chi connectivity index (χ2n) is 4.53. The summed E-state index contributed by atoms with van der Waals surface area (Å²) in [4.78, 5) is 13.6. The Hall–Kier alpha value is -0.570. The summed E-state index contributed by atoms with van der Waals surface area (Å²) in [7, 11) is 4.02. The summed E-state index contributed by atoms with van der Waals surface area (Å²) in [6, 6.07) is 0. The van der Waals surface area contributed by atoms with Crippen molar-refractivity contribution in [1.82, 2.24) is 4.90 Å². The molecule has 3 nitrogen and oxygen atoms in total. The molecule has 0 rings (SSSR count). The Morgan fingerprint density at radius 1 is 1.36 bits per heavy atom. The third-order valence-electron chi connectivity index (χ3n) is 2.42. The number of hydrogen-bond acceptors (Lipinski definition) is 3. The third kappa shape index (κ3) is 5.22. The van der Waals surface area contributed by atoms with E-state index in [-0.39, 0.29) is 11.4 Å². The number of rotatable bonds is 6. The fourth-order valence-corrected chi connectivity index (χ4v) is 0.885. The van der Waals surface area contributed by atoms with E-state index in [1.807, 2.05) is 34.9 Å². The molecule has 0 aliphatic heterocycles. The van der Waals surface area contributed by atoms with Crippen LogP contribution in [-0.4, -0.2) is 38.1 Å². The van der Waals surface area contributed by atoms with Crippen molar-refractivity contribution in [2.24, 2.45) is 5.41 Å². The Morgan fingerprint density at radius 2 is 1.93 bits per heavy atom. The normalized spacial score (nSPS) is 11.9. The molecule has 0 atom stereocenters. The van der Waals surface area contributed by atoms with Gasteiger partial charge in [0, 0.05) is 6.54 Å². The molecular formula is C11H23NO2. The molecule has 0 aliphatic carbocycles. The second kappa shape index (κ2) is 6.02. The summed E-state index contributed by atoms with van der Waals surface area (Å²) in [6.45, 7) is 7.32. The molecule has 0 amide bonds. The number of ether oxygens (including phenoxy) is 1. The SMILES string of the molecule is CCC(C)(C)C(=O)OCCCN(C)C. The van der Waals surface area contributed by atoms with Crippen LogP contribution in [0.4, 0.5) is 0 Å². The minimum atomic E-state index is -0.335. The van der Waals surface area contributed by atoms with Crippen LogP contribution in [0.3, 0.4) is 0 Å². The molecule has 0 fully saturated rings. The highest BCUT2D eigenvalue weighted by Crippen LogP contribution is 2.21. The van der Waals surface area contributed by atoms with Gasteiger partial charge in [-0.05, 0) is 40.8 Å². The first-order chi connectivity index (χ1) is 6.40. The molecule has 3 heteroatoms. The monoisotopic (exact) mass is 201 g/mol. The van der Waals surface area contributed by atoms with E-state index in [4.69, 9.17) is 4.74 Å². The highest BCUT2D eigenvalue weighted by Gasteiger charge is 2.26. The van der Waals surface area contributed by atoms with Gasteiger partial charge in [-0.1, -0.05) is 6.92 Å². The van der Waals surface area contributed by atoms with Gasteiger partial charge in [-0.25, -0.2) is 0 Å². The fourth-order valence-electron chi connectivity index (χ4n) is 0.885. The summed E-state index contributed by atoms with van der Waals surface area (Å²) in [5.41, 5.74) is -0.335. The fraction of sp³-hybridized carbons (Fsp3) is 0.909. The van der Waals surface area contributed by atoms with E-state index in [9.17, 15) is 4.79 Å². The van der Waals surface area contributed by atoms with Crippen LogP contribution in [0.25, 0.3) is 0 Å². The van der Waals surface area contributed by atoms with Crippen LogP contribution in [0.2, 0.25) is 0 Å². The maximum atomic E-state index is 11.5. The highest BCUT2D eigenvalue weighted by atomic mass is 16.5. The van der Waals surface area contributed by atoms with Gasteiger partial charge in [0.1, 0.15) is 0 Å². The van der Waals surface area contributed by atoms with Gasteiger partial charge >= 0.3 is 5.97 Å². The molecule has 0 spiro atoms.